The summed E-state index contributed by atoms with van der Waals surface area (Å²) in [6.07, 6.45) is 3.39. The van der Waals surface area contributed by atoms with Crippen molar-refractivity contribution in [3.8, 4) is 0 Å². The molecule has 2 aromatic rings. The van der Waals surface area contributed by atoms with E-state index in [1.54, 1.807) is 0 Å². The van der Waals surface area contributed by atoms with Crippen molar-refractivity contribution in [2.75, 3.05) is 19.7 Å². The lowest BCUT2D eigenvalue weighted by molar-refractivity contribution is -0.135. The van der Waals surface area contributed by atoms with Crippen molar-refractivity contribution < 1.29 is 9.53 Å². The van der Waals surface area contributed by atoms with E-state index >= 15 is 0 Å². The lowest BCUT2D eigenvalue weighted by Crippen LogP contribution is -2.40. The van der Waals surface area contributed by atoms with Crippen LogP contribution in [0.2, 0.25) is 0 Å². The number of H-pyrrole nitrogens is 1. The summed E-state index contributed by atoms with van der Waals surface area (Å²) in [5, 5.41) is 7.40. The maximum absolute atomic E-state index is 12.9. The molecule has 5 heteroatoms. The smallest absolute Gasteiger partial charge is 0.225 e. The van der Waals surface area contributed by atoms with E-state index in [9.17, 15) is 4.79 Å². The molecule has 2 atom stereocenters. The van der Waals surface area contributed by atoms with Crippen LogP contribution >= 0.6 is 0 Å². The first-order valence-corrected chi connectivity index (χ1v) is 9.20. The van der Waals surface area contributed by atoms with Gasteiger partial charge in [-0.1, -0.05) is 24.3 Å². The van der Waals surface area contributed by atoms with E-state index < -0.39 is 0 Å². The highest BCUT2D eigenvalue weighted by Gasteiger charge is 2.29. The highest BCUT2D eigenvalue weighted by Crippen LogP contribution is 2.32. The second-order valence-electron chi connectivity index (χ2n) is 7.17. The fraction of sp³-hybridized carbons (Fsp3) is 0.500. The largest absolute Gasteiger partial charge is 0.373 e. The summed E-state index contributed by atoms with van der Waals surface area (Å²) in [5.41, 5.74) is 4.65. The zero-order chi connectivity index (χ0) is 17.2. The number of ether oxygens (including phenoxy) is 1. The molecule has 1 aromatic carbocycles. The van der Waals surface area contributed by atoms with Crippen LogP contribution in [0.4, 0.5) is 0 Å². The van der Waals surface area contributed by atoms with Gasteiger partial charge in [-0.05, 0) is 43.4 Å². The first-order chi connectivity index (χ1) is 12.2. The molecule has 2 aliphatic heterocycles. The molecule has 1 fully saturated rings. The average molecular weight is 339 g/mol. The molecule has 0 aliphatic carbocycles. The minimum Gasteiger partial charge on any atom is -0.373 e. The standard InChI is InChI=1S/C20H25N3O2/c1-14-11-18(22-21-14)16-6-4-9-23(13-16)20(24)12-19-17-7-3-2-5-15(17)8-10-25-19/h2-3,5,7,11,16,19H,4,6,8-10,12-13H2,1H3,(H,21,22)/t16-,19-/m1/s1. The van der Waals surface area contributed by atoms with Gasteiger partial charge in [0.25, 0.3) is 0 Å². The van der Waals surface area contributed by atoms with Gasteiger partial charge in [-0.25, -0.2) is 0 Å². The lowest BCUT2D eigenvalue weighted by atomic mass is 9.93. The maximum Gasteiger partial charge on any atom is 0.225 e. The third-order valence-electron chi connectivity index (χ3n) is 5.37. The molecule has 0 radical (unpaired) electrons. The highest BCUT2D eigenvalue weighted by atomic mass is 16.5. The van der Waals surface area contributed by atoms with E-state index in [4.69, 9.17) is 4.74 Å². The predicted molar refractivity (Wildman–Crippen MR) is 95.3 cm³/mol. The zero-order valence-corrected chi connectivity index (χ0v) is 14.7. The summed E-state index contributed by atoms with van der Waals surface area (Å²) < 4.78 is 5.92. The number of amides is 1. The number of fused-ring (bicyclic) bond motifs is 1. The van der Waals surface area contributed by atoms with Crippen LogP contribution in [-0.4, -0.2) is 40.7 Å². The Hall–Kier alpha value is -2.14. The maximum atomic E-state index is 12.9. The van der Waals surface area contributed by atoms with Crippen LogP contribution in [0.3, 0.4) is 0 Å². The first-order valence-electron chi connectivity index (χ1n) is 9.20. The molecule has 2 aliphatic rings. The average Bonchev–Trinajstić information content (AvgIpc) is 3.09. The van der Waals surface area contributed by atoms with E-state index in [1.807, 2.05) is 17.9 Å². The van der Waals surface area contributed by atoms with Crippen LogP contribution in [0.1, 0.15) is 53.8 Å². The molecule has 1 amide bonds. The number of aromatic nitrogens is 2. The number of rotatable bonds is 3. The molecule has 4 rings (SSSR count). The minimum absolute atomic E-state index is 0.106. The SMILES string of the molecule is Cc1cc([C@@H]2CCCN(C(=O)C[C@H]3OCCc4ccccc43)C2)n[nH]1. The monoisotopic (exact) mass is 339 g/mol. The van der Waals surface area contributed by atoms with Gasteiger partial charge < -0.3 is 9.64 Å². The van der Waals surface area contributed by atoms with Gasteiger partial charge in [0.05, 0.1) is 24.8 Å². The molecule has 0 saturated carbocycles. The number of likely N-dealkylation sites (tertiary alicyclic amines) is 1. The number of nitrogens with zero attached hydrogens (tertiary/aromatic N) is 2. The van der Waals surface area contributed by atoms with Gasteiger partial charge in [0, 0.05) is 24.7 Å². The number of piperidine rings is 1. The van der Waals surface area contributed by atoms with Crippen molar-refractivity contribution in [1.82, 2.24) is 15.1 Å². The molecular formula is C20H25N3O2. The second-order valence-corrected chi connectivity index (χ2v) is 7.17. The minimum atomic E-state index is -0.106. The predicted octanol–water partition coefficient (Wildman–Crippen LogP) is 3.13. The number of aryl methyl sites for hydroxylation is 1. The number of carbonyl (C=O) groups excluding carboxylic acids is 1. The quantitative estimate of drug-likeness (QED) is 0.935. The summed E-state index contributed by atoms with van der Waals surface area (Å²) in [7, 11) is 0. The van der Waals surface area contributed by atoms with Crippen LogP contribution in [0.25, 0.3) is 0 Å². The summed E-state index contributed by atoms with van der Waals surface area (Å²) in [6.45, 7) is 4.31. The van der Waals surface area contributed by atoms with Crippen molar-refractivity contribution in [2.24, 2.45) is 0 Å². The van der Waals surface area contributed by atoms with Gasteiger partial charge in [-0.2, -0.15) is 5.10 Å². The van der Waals surface area contributed by atoms with Gasteiger partial charge in [-0.15, -0.1) is 0 Å². The van der Waals surface area contributed by atoms with E-state index in [1.165, 1.54) is 11.1 Å². The fourth-order valence-electron chi connectivity index (χ4n) is 4.03. The number of hydrogen-bond acceptors (Lipinski definition) is 3. The second kappa shape index (κ2) is 7.00. The van der Waals surface area contributed by atoms with E-state index in [0.717, 1.165) is 43.7 Å². The van der Waals surface area contributed by atoms with E-state index in [-0.39, 0.29) is 12.0 Å². The summed E-state index contributed by atoms with van der Waals surface area (Å²) in [4.78, 5) is 14.9. The number of nitrogens with one attached hydrogen (secondary N) is 1. The summed E-state index contributed by atoms with van der Waals surface area (Å²) in [6, 6.07) is 10.4. The number of hydrogen-bond donors (Lipinski definition) is 1. The lowest BCUT2D eigenvalue weighted by Gasteiger charge is -2.34. The Morgan fingerprint density at radius 2 is 2.28 bits per heavy atom. The first kappa shape index (κ1) is 16.3. The Morgan fingerprint density at radius 3 is 3.12 bits per heavy atom. The normalized spacial score (nSPS) is 23.3. The van der Waals surface area contributed by atoms with Crippen molar-refractivity contribution in [3.05, 3.63) is 52.8 Å². The van der Waals surface area contributed by atoms with Gasteiger partial charge in [0.15, 0.2) is 0 Å². The van der Waals surface area contributed by atoms with Gasteiger partial charge in [0.2, 0.25) is 5.91 Å². The molecule has 25 heavy (non-hydrogen) atoms. The molecule has 5 nitrogen and oxygen atoms in total. The molecule has 1 aromatic heterocycles. The molecule has 0 unspecified atom stereocenters. The van der Waals surface area contributed by atoms with Crippen molar-refractivity contribution in [3.63, 3.8) is 0 Å². The molecule has 1 saturated heterocycles. The third kappa shape index (κ3) is 3.47. The van der Waals surface area contributed by atoms with Crippen LogP contribution in [0.15, 0.2) is 30.3 Å². The highest BCUT2D eigenvalue weighted by molar-refractivity contribution is 5.77. The van der Waals surface area contributed by atoms with Gasteiger partial charge in [-0.3, -0.25) is 9.89 Å². The topological polar surface area (TPSA) is 58.2 Å². The molecule has 1 N–H and O–H groups in total. The Morgan fingerprint density at radius 1 is 1.40 bits per heavy atom. The van der Waals surface area contributed by atoms with E-state index in [0.29, 0.717) is 18.9 Å². The van der Waals surface area contributed by atoms with Crippen molar-refractivity contribution >= 4 is 5.91 Å². The Kier molecular flexibility index (Phi) is 4.57. The van der Waals surface area contributed by atoms with Gasteiger partial charge in [0.1, 0.15) is 0 Å². The van der Waals surface area contributed by atoms with Crippen LogP contribution in [-0.2, 0) is 16.0 Å². The van der Waals surface area contributed by atoms with Gasteiger partial charge >= 0.3 is 0 Å². The molecular weight excluding hydrogens is 314 g/mol. The summed E-state index contributed by atoms with van der Waals surface area (Å²) in [5.74, 6) is 0.529. The number of aromatic amines is 1. The fourth-order valence-corrected chi connectivity index (χ4v) is 4.03. The molecule has 132 valence electrons. The van der Waals surface area contributed by atoms with E-state index in [2.05, 4.69) is 34.5 Å². The Labute approximate surface area is 148 Å². The number of carbonyl (C=O) groups is 1. The molecule has 3 heterocycles. The van der Waals surface area contributed by atoms with Crippen LogP contribution in [0.5, 0.6) is 0 Å². The third-order valence-corrected chi connectivity index (χ3v) is 5.37. The Balaban J connectivity index is 1.43. The molecule has 0 bridgehead atoms. The summed E-state index contributed by atoms with van der Waals surface area (Å²) >= 11 is 0. The van der Waals surface area contributed by atoms with Crippen molar-refractivity contribution in [1.29, 1.82) is 0 Å². The number of benzene rings is 1. The zero-order valence-electron chi connectivity index (χ0n) is 14.7. The van der Waals surface area contributed by atoms with Crippen LogP contribution < -0.4 is 0 Å². The van der Waals surface area contributed by atoms with Crippen LogP contribution in [0, 0.1) is 6.92 Å². The molecule has 0 spiro atoms. The van der Waals surface area contributed by atoms with Crippen molar-refractivity contribution in [2.45, 2.75) is 44.6 Å². The Bertz CT molecular complexity index is 755.